The Morgan fingerprint density at radius 3 is 2.38 bits per heavy atom. The van der Waals surface area contributed by atoms with Crippen LogP contribution in [0.25, 0.3) is 0 Å². The standard InChI is InChI=1S/C16H26N2O3/c1-17-5-6-18(12-14(17)4-7-19)11-13-8-15(20-2)10-16(9-13)21-3/h8-10,14,19H,4-7,11-12H2,1-3H3. The summed E-state index contributed by atoms with van der Waals surface area (Å²) in [5, 5.41) is 9.17. The molecule has 118 valence electrons. The van der Waals surface area contributed by atoms with E-state index in [0.717, 1.165) is 44.1 Å². The molecule has 1 heterocycles. The molecular weight excluding hydrogens is 268 g/mol. The molecule has 1 aliphatic rings. The molecule has 0 aliphatic carbocycles. The summed E-state index contributed by atoms with van der Waals surface area (Å²) in [6.07, 6.45) is 0.828. The van der Waals surface area contributed by atoms with Gasteiger partial charge in [0.2, 0.25) is 0 Å². The molecule has 5 heteroatoms. The first-order chi connectivity index (χ1) is 10.2. The number of aliphatic hydroxyl groups excluding tert-OH is 1. The number of methoxy groups -OCH3 is 2. The number of ether oxygens (including phenoxy) is 2. The van der Waals surface area contributed by atoms with Crippen molar-refractivity contribution in [2.75, 3.05) is 47.5 Å². The van der Waals surface area contributed by atoms with Crippen LogP contribution < -0.4 is 9.47 Å². The third-order valence-corrected chi connectivity index (χ3v) is 4.14. The van der Waals surface area contributed by atoms with Gasteiger partial charge in [0.1, 0.15) is 11.5 Å². The summed E-state index contributed by atoms with van der Waals surface area (Å²) >= 11 is 0. The van der Waals surface area contributed by atoms with Gasteiger partial charge in [-0.05, 0) is 31.2 Å². The van der Waals surface area contributed by atoms with Crippen LogP contribution in [0.2, 0.25) is 0 Å². The van der Waals surface area contributed by atoms with Gasteiger partial charge in [0.15, 0.2) is 0 Å². The van der Waals surface area contributed by atoms with Gasteiger partial charge in [-0.25, -0.2) is 0 Å². The third-order valence-electron chi connectivity index (χ3n) is 4.14. The van der Waals surface area contributed by atoms with E-state index in [0.29, 0.717) is 6.04 Å². The Balaban J connectivity index is 2.03. The molecule has 0 radical (unpaired) electrons. The zero-order valence-corrected chi connectivity index (χ0v) is 13.2. The van der Waals surface area contributed by atoms with Crippen molar-refractivity contribution in [3.8, 4) is 11.5 Å². The average Bonchev–Trinajstić information content (AvgIpc) is 2.50. The fraction of sp³-hybridized carbons (Fsp3) is 0.625. The van der Waals surface area contributed by atoms with E-state index in [2.05, 4.69) is 29.0 Å². The summed E-state index contributed by atoms with van der Waals surface area (Å²) in [5.41, 5.74) is 1.19. The first-order valence-corrected chi connectivity index (χ1v) is 7.41. The normalized spacial score (nSPS) is 20.5. The number of nitrogens with zero attached hydrogens (tertiary/aromatic N) is 2. The molecule has 1 fully saturated rings. The summed E-state index contributed by atoms with van der Waals surface area (Å²) in [4.78, 5) is 4.76. The minimum Gasteiger partial charge on any atom is -0.497 e. The molecule has 0 aromatic heterocycles. The number of hydrogen-bond acceptors (Lipinski definition) is 5. The second-order valence-corrected chi connectivity index (χ2v) is 5.60. The second kappa shape index (κ2) is 7.64. The molecule has 1 aromatic carbocycles. The van der Waals surface area contributed by atoms with Gasteiger partial charge in [-0.2, -0.15) is 0 Å². The fourth-order valence-corrected chi connectivity index (χ4v) is 2.83. The van der Waals surface area contributed by atoms with E-state index in [9.17, 15) is 5.11 Å². The van der Waals surface area contributed by atoms with E-state index in [1.54, 1.807) is 14.2 Å². The Kier molecular flexibility index (Phi) is 5.85. The maximum atomic E-state index is 9.17. The van der Waals surface area contributed by atoms with Gasteiger partial charge in [-0.3, -0.25) is 4.90 Å². The van der Waals surface area contributed by atoms with Gasteiger partial charge in [0, 0.05) is 44.9 Å². The summed E-state index contributed by atoms with van der Waals surface area (Å²) in [6, 6.07) is 6.43. The predicted molar refractivity (Wildman–Crippen MR) is 82.9 cm³/mol. The molecule has 1 N–H and O–H groups in total. The largest absolute Gasteiger partial charge is 0.497 e. The fourth-order valence-electron chi connectivity index (χ4n) is 2.83. The summed E-state index contributed by atoms with van der Waals surface area (Å²) in [5.74, 6) is 1.65. The lowest BCUT2D eigenvalue weighted by molar-refractivity contribution is 0.0742. The molecule has 5 nitrogen and oxygen atoms in total. The van der Waals surface area contributed by atoms with Gasteiger partial charge in [-0.15, -0.1) is 0 Å². The van der Waals surface area contributed by atoms with Crippen LogP contribution in [0, 0.1) is 0 Å². The topological polar surface area (TPSA) is 45.2 Å². The van der Waals surface area contributed by atoms with E-state index < -0.39 is 0 Å². The summed E-state index contributed by atoms with van der Waals surface area (Å²) < 4.78 is 10.6. The lowest BCUT2D eigenvalue weighted by Crippen LogP contribution is -2.51. The van der Waals surface area contributed by atoms with Crippen LogP contribution in [0.5, 0.6) is 11.5 Å². The van der Waals surface area contributed by atoms with Crippen molar-refractivity contribution in [3.05, 3.63) is 23.8 Å². The van der Waals surface area contributed by atoms with Crippen LogP contribution in [-0.2, 0) is 6.54 Å². The van der Waals surface area contributed by atoms with Crippen molar-refractivity contribution in [3.63, 3.8) is 0 Å². The Labute approximate surface area is 127 Å². The highest BCUT2D eigenvalue weighted by atomic mass is 16.5. The van der Waals surface area contributed by atoms with E-state index in [-0.39, 0.29) is 6.61 Å². The highest BCUT2D eigenvalue weighted by molar-refractivity contribution is 5.38. The van der Waals surface area contributed by atoms with E-state index in [1.807, 2.05) is 6.07 Å². The van der Waals surface area contributed by atoms with Crippen molar-refractivity contribution in [1.82, 2.24) is 9.80 Å². The van der Waals surface area contributed by atoms with Crippen molar-refractivity contribution >= 4 is 0 Å². The first kappa shape index (κ1) is 16.1. The Morgan fingerprint density at radius 1 is 1.14 bits per heavy atom. The minimum atomic E-state index is 0.246. The molecule has 1 unspecified atom stereocenters. The Bertz CT molecular complexity index is 431. The third kappa shape index (κ3) is 4.33. The monoisotopic (exact) mass is 294 g/mol. The van der Waals surface area contributed by atoms with Crippen LogP contribution in [-0.4, -0.2) is 68.5 Å². The number of aliphatic hydroxyl groups is 1. The Hall–Kier alpha value is -1.30. The van der Waals surface area contributed by atoms with Crippen LogP contribution in [0.15, 0.2) is 18.2 Å². The zero-order valence-electron chi connectivity index (χ0n) is 13.2. The first-order valence-electron chi connectivity index (χ1n) is 7.41. The number of hydrogen-bond donors (Lipinski definition) is 1. The van der Waals surface area contributed by atoms with E-state index >= 15 is 0 Å². The molecule has 0 amide bonds. The van der Waals surface area contributed by atoms with Crippen molar-refractivity contribution < 1.29 is 14.6 Å². The lowest BCUT2D eigenvalue weighted by Gasteiger charge is -2.39. The molecule has 0 spiro atoms. The van der Waals surface area contributed by atoms with Crippen LogP contribution in [0.4, 0.5) is 0 Å². The van der Waals surface area contributed by atoms with E-state index in [4.69, 9.17) is 9.47 Å². The number of rotatable bonds is 6. The van der Waals surface area contributed by atoms with Crippen LogP contribution in [0.1, 0.15) is 12.0 Å². The van der Waals surface area contributed by atoms with Gasteiger partial charge < -0.3 is 19.5 Å². The molecule has 21 heavy (non-hydrogen) atoms. The van der Waals surface area contributed by atoms with Crippen molar-refractivity contribution in [2.45, 2.75) is 19.0 Å². The minimum absolute atomic E-state index is 0.246. The predicted octanol–water partition coefficient (Wildman–Crippen LogP) is 1.20. The lowest BCUT2D eigenvalue weighted by atomic mass is 10.1. The number of benzene rings is 1. The quantitative estimate of drug-likeness (QED) is 0.854. The van der Waals surface area contributed by atoms with Gasteiger partial charge in [0.25, 0.3) is 0 Å². The highest BCUT2D eigenvalue weighted by Gasteiger charge is 2.23. The smallest absolute Gasteiger partial charge is 0.122 e. The number of likely N-dealkylation sites (N-methyl/N-ethyl adjacent to an activating group) is 1. The molecule has 1 atom stereocenters. The van der Waals surface area contributed by atoms with Crippen LogP contribution in [0.3, 0.4) is 0 Å². The molecule has 2 rings (SSSR count). The van der Waals surface area contributed by atoms with Gasteiger partial charge in [-0.1, -0.05) is 0 Å². The summed E-state index contributed by atoms with van der Waals surface area (Å²) in [6.45, 7) is 4.18. The second-order valence-electron chi connectivity index (χ2n) is 5.60. The average molecular weight is 294 g/mol. The highest BCUT2D eigenvalue weighted by Crippen LogP contribution is 2.24. The molecule has 1 aromatic rings. The maximum Gasteiger partial charge on any atom is 0.122 e. The van der Waals surface area contributed by atoms with Gasteiger partial charge in [0.05, 0.1) is 14.2 Å². The van der Waals surface area contributed by atoms with Crippen LogP contribution >= 0.6 is 0 Å². The molecule has 0 bridgehead atoms. The zero-order chi connectivity index (χ0) is 15.2. The molecule has 1 aliphatic heterocycles. The SMILES string of the molecule is COc1cc(CN2CCN(C)C(CCO)C2)cc(OC)c1. The van der Waals surface area contributed by atoms with Crippen molar-refractivity contribution in [1.29, 1.82) is 0 Å². The van der Waals surface area contributed by atoms with E-state index in [1.165, 1.54) is 5.56 Å². The molecule has 0 saturated carbocycles. The molecular formula is C16H26N2O3. The summed E-state index contributed by atoms with van der Waals surface area (Å²) in [7, 11) is 5.48. The van der Waals surface area contributed by atoms with Gasteiger partial charge >= 0.3 is 0 Å². The number of piperazine rings is 1. The molecule has 1 saturated heterocycles. The van der Waals surface area contributed by atoms with Crippen molar-refractivity contribution in [2.24, 2.45) is 0 Å². The maximum absolute atomic E-state index is 9.17. The Morgan fingerprint density at radius 2 is 1.81 bits per heavy atom.